The zero-order valence-electron chi connectivity index (χ0n) is 12.2. The van der Waals surface area contributed by atoms with Gasteiger partial charge in [0.05, 0.1) is 13.0 Å². The van der Waals surface area contributed by atoms with Crippen molar-refractivity contribution >= 4 is 5.97 Å². The molecule has 20 heavy (non-hydrogen) atoms. The summed E-state index contributed by atoms with van der Waals surface area (Å²) in [5, 5.41) is 3.38. The van der Waals surface area contributed by atoms with Crippen LogP contribution in [0.2, 0.25) is 0 Å². The second-order valence-corrected chi connectivity index (χ2v) is 5.24. The van der Waals surface area contributed by atoms with E-state index in [1.165, 1.54) is 33.0 Å². The first-order valence-corrected chi connectivity index (χ1v) is 7.37. The standard InChI is InChI=1S/C16H24N2O2/c1-20-16(19)15(14-7-3-2-4-8-14)13-17-9-12-18-10-5-6-11-18/h2-4,7-8,15,17H,5-6,9-13H2,1H3. The van der Waals surface area contributed by atoms with Gasteiger partial charge in [-0.3, -0.25) is 4.79 Å². The number of nitrogens with zero attached hydrogens (tertiary/aromatic N) is 1. The normalized spacial score (nSPS) is 17.1. The third kappa shape index (κ3) is 4.32. The van der Waals surface area contributed by atoms with Crippen LogP contribution in [0.25, 0.3) is 0 Å². The quantitative estimate of drug-likeness (QED) is 0.607. The Morgan fingerprint density at radius 1 is 1.30 bits per heavy atom. The van der Waals surface area contributed by atoms with Gasteiger partial charge in [-0.25, -0.2) is 0 Å². The van der Waals surface area contributed by atoms with Gasteiger partial charge in [0.15, 0.2) is 0 Å². The van der Waals surface area contributed by atoms with Gasteiger partial charge in [-0.2, -0.15) is 0 Å². The van der Waals surface area contributed by atoms with Crippen LogP contribution in [-0.4, -0.2) is 50.7 Å². The molecule has 0 radical (unpaired) electrons. The fourth-order valence-electron chi connectivity index (χ4n) is 2.65. The van der Waals surface area contributed by atoms with Crippen molar-refractivity contribution in [3.05, 3.63) is 35.9 Å². The lowest BCUT2D eigenvalue weighted by atomic mass is 9.99. The van der Waals surface area contributed by atoms with Crippen molar-refractivity contribution in [3.63, 3.8) is 0 Å². The molecule has 2 rings (SSSR count). The largest absolute Gasteiger partial charge is 0.469 e. The Bertz CT molecular complexity index is 402. The summed E-state index contributed by atoms with van der Waals surface area (Å²) in [4.78, 5) is 14.4. The van der Waals surface area contributed by atoms with Gasteiger partial charge in [-0.15, -0.1) is 0 Å². The van der Waals surface area contributed by atoms with E-state index < -0.39 is 0 Å². The molecule has 1 saturated heterocycles. The van der Waals surface area contributed by atoms with Gasteiger partial charge in [0.25, 0.3) is 0 Å². The van der Waals surface area contributed by atoms with Crippen molar-refractivity contribution in [1.82, 2.24) is 10.2 Å². The molecule has 0 aromatic heterocycles. The van der Waals surface area contributed by atoms with E-state index in [9.17, 15) is 4.79 Å². The maximum Gasteiger partial charge on any atom is 0.314 e. The summed E-state index contributed by atoms with van der Waals surface area (Å²) in [5.74, 6) is -0.398. The molecule has 0 aliphatic carbocycles. The Kier molecular flexibility index (Phi) is 6.02. The molecule has 1 aromatic rings. The van der Waals surface area contributed by atoms with Crippen LogP contribution in [0.4, 0.5) is 0 Å². The highest BCUT2D eigenvalue weighted by Crippen LogP contribution is 2.16. The second-order valence-electron chi connectivity index (χ2n) is 5.24. The van der Waals surface area contributed by atoms with Crippen molar-refractivity contribution in [1.29, 1.82) is 0 Å². The molecule has 1 unspecified atom stereocenters. The molecule has 1 N–H and O–H groups in total. The zero-order chi connectivity index (χ0) is 14.2. The highest BCUT2D eigenvalue weighted by Gasteiger charge is 2.20. The Labute approximate surface area is 121 Å². The molecular weight excluding hydrogens is 252 g/mol. The average molecular weight is 276 g/mol. The van der Waals surface area contributed by atoms with Crippen molar-refractivity contribution in [2.45, 2.75) is 18.8 Å². The molecule has 1 heterocycles. The van der Waals surface area contributed by atoms with Gasteiger partial charge in [0, 0.05) is 19.6 Å². The SMILES string of the molecule is COC(=O)C(CNCCN1CCCC1)c1ccccc1. The van der Waals surface area contributed by atoms with E-state index in [1.807, 2.05) is 30.3 Å². The third-order valence-corrected chi connectivity index (χ3v) is 3.84. The molecular formula is C16H24N2O2. The summed E-state index contributed by atoms with van der Waals surface area (Å²) in [6, 6.07) is 9.82. The van der Waals surface area contributed by atoms with E-state index in [0.29, 0.717) is 6.54 Å². The van der Waals surface area contributed by atoms with Gasteiger partial charge in [-0.05, 0) is 31.5 Å². The lowest BCUT2D eigenvalue weighted by Gasteiger charge is -2.18. The fraction of sp³-hybridized carbons (Fsp3) is 0.562. The molecule has 1 aromatic carbocycles. The molecule has 1 aliphatic rings. The number of benzene rings is 1. The lowest BCUT2D eigenvalue weighted by molar-refractivity contribution is -0.142. The second kappa shape index (κ2) is 8.02. The molecule has 4 heteroatoms. The molecule has 0 saturated carbocycles. The maximum atomic E-state index is 11.9. The van der Waals surface area contributed by atoms with Crippen molar-refractivity contribution in [2.24, 2.45) is 0 Å². The molecule has 4 nitrogen and oxygen atoms in total. The molecule has 1 fully saturated rings. The first kappa shape index (κ1) is 15.0. The van der Waals surface area contributed by atoms with E-state index in [-0.39, 0.29) is 11.9 Å². The molecule has 0 spiro atoms. The highest BCUT2D eigenvalue weighted by molar-refractivity contribution is 5.78. The van der Waals surface area contributed by atoms with E-state index in [2.05, 4.69) is 10.2 Å². The van der Waals surface area contributed by atoms with Crippen LogP contribution in [0.5, 0.6) is 0 Å². The first-order valence-electron chi connectivity index (χ1n) is 7.37. The number of hydrogen-bond donors (Lipinski definition) is 1. The zero-order valence-corrected chi connectivity index (χ0v) is 12.2. The predicted octanol–water partition coefficient (Wildman–Crippen LogP) is 1.63. The van der Waals surface area contributed by atoms with Crippen LogP contribution in [0.3, 0.4) is 0 Å². The number of rotatable bonds is 7. The molecule has 0 amide bonds. The number of methoxy groups -OCH3 is 1. The van der Waals surface area contributed by atoms with Crippen LogP contribution in [0, 0.1) is 0 Å². The fourth-order valence-corrected chi connectivity index (χ4v) is 2.65. The lowest BCUT2D eigenvalue weighted by Crippen LogP contribution is -2.34. The summed E-state index contributed by atoms with van der Waals surface area (Å²) >= 11 is 0. The first-order chi connectivity index (χ1) is 9.81. The smallest absolute Gasteiger partial charge is 0.314 e. The minimum absolute atomic E-state index is 0.176. The Morgan fingerprint density at radius 3 is 2.65 bits per heavy atom. The number of likely N-dealkylation sites (tertiary alicyclic amines) is 1. The molecule has 0 bridgehead atoms. The third-order valence-electron chi connectivity index (χ3n) is 3.84. The summed E-state index contributed by atoms with van der Waals surface area (Å²) < 4.78 is 4.91. The molecule has 1 atom stereocenters. The predicted molar refractivity (Wildman–Crippen MR) is 79.7 cm³/mol. The summed E-state index contributed by atoms with van der Waals surface area (Å²) in [7, 11) is 1.45. The van der Waals surface area contributed by atoms with Crippen LogP contribution in [0.1, 0.15) is 24.3 Å². The Morgan fingerprint density at radius 2 is 2.00 bits per heavy atom. The van der Waals surface area contributed by atoms with E-state index in [4.69, 9.17) is 4.74 Å². The van der Waals surface area contributed by atoms with Crippen LogP contribution >= 0.6 is 0 Å². The van der Waals surface area contributed by atoms with Gasteiger partial charge in [-0.1, -0.05) is 30.3 Å². The van der Waals surface area contributed by atoms with Gasteiger partial charge in [0.1, 0.15) is 0 Å². The number of esters is 1. The van der Waals surface area contributed by atoms with Crippen LogP contribution < -0.4 is 5.32 Å². The monoisotopic (exact) mass is 276 g/mol. The molecule has 110 valence electrons. The molecule has 1 aliphatic heterocycles. The highest BCUT2D eigenvalue weighted by atomic mass is 16.5. The number of carbonyl (C=O) groups excluding carboxylic acids is 1. The summed E-state index contributed by atoms with van der Waals surface area (Å²) in [6.45, 7) is 5.02. The van der Waals surface area contributed by atoms with Gasteiger partial charge >= 0.3 is 5.97 Å². The maximum absolute atomic E-state index is 11.9. The minimum Gasteiger partial charge on any atom is -0.469 e. The number of nitrogens with one attached hydrogen (secondary N) is 1. The Hall–Kier alpha value is -1.39. The van der Waals surface area contributed by atoms with E-state index in [1.54, 1.807) is 0 Å². The van der Waals surface area contributed by atoms with E-state index >= 15 is 0 Å². The minimum atomic E-state index is -0.222. The van der Waals surface area contributed by atoms with Crippen LogP contribution in [0.15, 0.2) is 30.3 Å². The summed E-state index contributed by atoms with van der Waals surface area (Å²) in [6.07, 6.45) is 2.63. The van der Waals surface area contributed by atoms with Crippen molar-refractivity contribution < 1.29 is 9.53 Å². The van der Waals surface area contributed by atoms with Gasteiger partial charge in [0.2, 0.25) is 0 Å². The van der Waals surface area contributed by atoms with Crippen molar-refractivity contribution in [2.75, 3.05) is 39.8 Å². The Balaban J connectivity index is 1.80. The number of carbonyl (C=O) groups is 1. The average Bonchev–Trinajstić information content (AvgIpc) is 3.01. The van der Waals surface area contributed by atoms with E-state index in [0.717, 1.165) is 18.7 Å². The van der Waals surface area contributed by atoms with Crippen LogP contribution in [-0.2, 0) is 9.53 Å². The topological polar surface area (TPSA) is 41.6 Å². The van der Waals surface area contributed by atoms with Gasteiger partial charge < -0.3 is 15.0 Å². The number of hydrogen-bond acceptors (Lipinski definition) is 4. The van der Waals surface area contributed by atoms with Crippen molar-refractivity contribution in [3.8, 4) is 0 Å². The number of ether oxygens (including phenoxy) is 1. The summed E-state index contributed by atoms with van der Waals surface area (Å²) in [5.41, 5.74) is 1.01.